The maximum atomic E-state index is 4.53. The first kappa shape index (κ1) is 13.6. The van der Waals surface area contributed by atoms with Crippen LogP contribution >= 0.6 is 0 Å². The summed E-state index contributed by atoms with van der Waals surface area (Å²) in [7, 11) is 2.10. The highest BCUT2D eigenvalue weighted by Crippen LogP contribution is 2.41. The summed E-state index contributed by atoms with van der Waals surface area (Å²) in [5.74, 6) is 1.25. The smallest absolute Gasteiger partial charge is 0.108 e. The summed E-state index contributed by atoms with van der Waals surface area (Å²) in [6.07, 6.45) is 10.3. The molecule has 0 amide bonds. The summed E-state index contributed by atoms with van der Waals surface area (Å²) in [6, 6.07) is 1.10. The molecule has 3 nitrogen and oxygen atoms in total. The van der Waals surface area contributed by atoms with Crippen molar-refractivity contribution in [3.05, 3.63) is 18.2 Å². The van der Waals surface area contributed by atoms with E-state index in [4.69, 9.17) is 0 Å². The Morgan fingerprint density at radius 1 is 1.50 bits per heavy atom. The van der Waals surface area contributed by atoms with E-state index in [1.807, 2.05) is 6.20 Å². The van der Waals surface area contributed by atoms with Gasteiger partial charge in [0.1, 0.15) is 5.82 Å². The first-order valence-corrected chi connectivity index (χ1v) is 7.29. The second-order valence-electron chi connectivity index (χ2n) is 6.22. The average Bonchev–Trinajstić information content (AvgIpc) is 2.76. The van der Waals surface area contributed by atoms with Gasteiger partial charge in [0.15, 0.2) is 0 Å². The molecular weight excluding hydrogens is 222 g/mol. The van der Waals surface area contributed by atoms with Crippen LogP contribution in [0.25, 0.3) is 0 Å². The molecule has 1 heterocycles. The number of aromatic nitrogens is 2. The Hall–Kier alpha value is -0.830. The first-order chi connectivity index (χ1) is 8.60. The minimum absolute atomic E-state index is 0.366. The molecule has 1 aromatic heterocycles. The van der Waals surface area contributed by atoms with Gasteiger partial charge in [0.25, 0.3) is 0 Å². The van der Waals surface area contributed by atoms with Crippen molar-refractivity contribution in [1.82, 2.24) is 14.9 Å². The molecule has 2 unspecified atom stereocenters. The van der Waals surface area contributed by atoms with E-state index in [1.54, 1.807) is 0 Å². The maximum Gasteiger partial charge on any atom is 0.108 e. The van der Waals surface area contributed by atoms with Crippen LogP contribution in [0, 0.1) is 5.41 Å². The number of imidazole rings is 1. The second kappa shape index (κ2) is 5.43. The Bertz CT molecular complexity index is 381. The van der Waals surface area contributed by atoms with E-state index in [2.05, 4.69) is 48.9 Å². The Balaban J connectivity index is 2.27. The summed E-state index contributed by atoms with van der Waals surface area (Å²) in [6.45, 7) is 6.99. The highest BCUT2D eigenvalue weighted by Gasteiger charge is 2.39. The monoisotopic (exact) mass is 249 g/mol. The van der Waals surface area contributed by atoms with E-state index in [0.29, 0.717) is 17.5 Å². The topological polar surface area (TPSA) is 29.9 Å². The minimum Gasteiger partial charge on any atom is -0.330 e. The second-order valence-corrected chi connectivity index (χ2v) is 6.22. The fraction of sp³-hybridized carbons (Fsp3) is 0.800. The summed E-state index contributed by atoms with van der Waals surface area (Å²) in [5.41, 5.74) is 0.366. The Kier molecular flexibility index (Phi) is 4.10. The molecule has 0 radical (unpaired) electrons. The lowest BCUT2D eigenvalue weighted by Crippen LogP contribution is -2.49. The molecule has 1 aliphatic carbocycles. The number of aryl methyl sites for hydroxylation is 1. The molecule has 0 aromatic carbocycles. The van der Waals surface area contributed by atoms with Crippen LogP contribution in [-0.4, -0.2) is 22.6 Å². The Morgan fingerprint density at radius 3 is 2.94 bits per heavy atom. The number of likely N-dealkylation sites (N-methyl/N-ethyl adjacent to an activating group) is 1. The minimum atomic E-state index is 0.366. The number of hydrogen-bond acceptors (Lipinski definition) is 2. The molecule has 2 atom stereocenters. The van der Waals surface area contributed by atoms with Gasteiger partial charge in [0.05, 0.1) is 6.04 Å². The third-order valence-electron chi connectivity index (χ3n) is 4.44. The zero-order valence-corrected chi connectivity index (χ0v) is 12.2. The predicted octanol–water partition coefficient (Wildman–Crippen LogP) is 3.17. The van der Waals surface area contributed by atoms with Gasteiger partial charge in [-0.05, 0) is 31.7 Å². The molecule has 0 aliphatic heterocycles. The largest absolute Gasteiger partial charge is 0.330 e. The maximum absolute atomic E-state index is 4.53. The molecule has 102 valence electrons. The summed E-state index contributed by atoms with van der Waals surface area (Å²) >= 11 is 0. The molecule has 1 saturated carbocycles. The molecule has 1 aromatic rings. The molecule has 1 fully saturated rings. The summed E-state index contributed by atoms with van der Waals surface area (Å²) < 4.78 is 2.42. The lowest BCUT2D eigenvalue weighted by molar-refractivity contribution is 0.117. The van der Waals surface area contributed by atoms with E-state index in [0.717, 1.165) is 12.8 Å². The van der Waals surface area contributed by atoms with Crippen LogP contribution in [0.3, 0.4) is 0 Å². The van der Waals surface area contributed by atoms with Crippen LogP contribution < -0.4 is 5.32 Å². The molecule has 18 heavy (non-hydrogen) atoms. The third kappa shape index (κ3) is 2.46. The lowest BCUT2D eigenvalue weighted by atomic mass is 9.70. The van der Waals surface area contributed by atoms with Gasteiger partial charge in [-0.2, -0.15) is 0 Å². The van der Waals surface area contributed by atoms with Gasteiger partial charge >= 0.3 is 0 Å². The number of nitrogens with zero attached hydrogens (tertiary/aromatic N) is 2. The van der Waals surface area contributed by atoms with Gasteiger partial charge in [-0.15, -0.1) is 0 Å². The van der Waals surface area contributed by atoms with Gasteiger partial charge in [0, 0.05) is 24.9 Å². The van der Waals surface area contributed by atoms with Crippen LogP contribution in [0.1, 0.15) is 58.3 Å². The van der Waals surface area contributed by atoms with E-state index >= 15 is 0 Å². The highest BCUT2D eigenvalue weighted by molar-refractivity contribution is 5.03. The van der Waals surface area contributed by atoms with Crippen LogP contribution in [0.5, 0.6) is 0 Å². The van der Waals surface area contributed by atoms with Gasteiger partial charge in [0.2, 0.25) is 0 Å². The van der Waals surface area contributed by atoms with Crippen molar-refractivity contribution in [2.75, 3.05) is 7.05 Å². The zero-order chi connectivity index (χ0) is 13.2. The van der Waals surface area contributed by atoms with Crippen molar-refractivity contribution in [3.63, 3.8) is 0 Å². The number of hydrogen-bond donors (Lipinski definition) is 1. The van der Waals surface area contributed by atoms with Gasteiger partial charge < -0.3 is 9.88 Å². The van der Waals surface area contributed by atoms with Crippen LogP contribution in [-0.2, 0) is 6.42 Å². The molecule has 1 aliphatic rings. The first-order valence-electron chi connectivity index (χ1n) is 7.29. The van der Waals surface area contributed by atoms with Crippen molar-refractivity contribution in [1.29, 1.82) is 0 Å². The van der Waals surface area contributed by atoms with E-state index in [-0.39, 0.29) is 0 Å². The Labute approximate surface area is 111 Å². The Morgan fingerprint density at radius 2 is 2.28 bits per heavy atom. The van der Waals surface area contributed by atoms with Crippen molar-refractivity contribution in [3.8, 4) is 0 Å². The number of nitrogens with one attached hydrogen (secondary N) is 1. The van der Waals surface area contributed by atoms with Crippen molar-refractivity contribution < 1.29 is 0 Å². The van der Waals surface area contributed by atoms with E-state index in [9.17, 15) is 0 Å². The van der Waals surface area contributed by atoms with E-state index in [1.165, 1.54) is 25.1 Å². The molecule has 0 spiro atoms. The quantitative estimate of drug-likeness (QED) is 0.888. The van der Waals surface area contributed by atoms with Gasteiger partial charge in [-0.1, -0.05) is 27.2 Å². The van der Waals surface area contributed by atoms with Crippen LogP contribution in [0.4, 0.5) is 0 Å². The SMILES string of the molecule is CCCc1nccn1C1CCCC(C)(C)C1NC. The van der Waals surface area contributed by atoms with Crippen LogP contribution in [0.15, 0.2) is 12.4 Å². The third-order valence-corrected chi connectivity index (χ3v) is 4.44. The average molecular weight is 249 g/mol. The molecule has 0 bridgehead atoms. The molecule has 3 heteroatoms. The lowest BCUT2D eigenvalue weighted by Gasteiger charge is -2.44. The van der Waals surface area contributed by atoms with Gasteiger partial charge in [-0.3, -0.25) is 0 Å². The molecule has 0 saturated heterocycles. The van der Waals surface area contributed by atoms with Gasteiger partial charge in [-0.25, -0.2) is 4.98 Å². The van der Waals surface area contributed by atoms with E-state index < -0.39 is 0 Å². The van der Waals surface area contributed by atoms with Crippen LogP contribution in [0.2, 0.25) is 0 Å². The number of rotatable bonds is 4. The normalized spacial score (nSPS) is 27.3. The predicted molar refractivity (Wildman–Crippen MR) is 75.7 cm³/mol. The van der Waals surface area contributed by atoms with Crippen molar-refractivity contribution in [2.45, 2.75) is 65.0 Å². The standard InChI is InChI=1S/C15H27N3/c1-5-7-13-17-10-11-18(13)12-8-6-9-15(2,3)14(12)16-4/h10-12,14,16H,5-9H2,1-4H3. The molecular formula is C15H27N3. The zero-order valence-electron chi connectivity index (χ0n) is 12.2. The van der Waals surface area contributed by atoms with Crippen molar-refractivity contribution >= 4 is 0 Å². The summed E-state index contributed by atoms with van der Waals surface area (Å²) in [4.78, 5) is 4.53. The fourth-order valence-corrected chi connectivity index (χ4v) is 3.56. The molecule has 2 rings (SSSR count). The van der Waals surface area contributed by atoms with Crippen molar-refractivity contribution in [2.24, 2.45) is 5.41 Å². The fourth-order valence-electron chi connectivity index (χ4n) is 3.56. The molecule has 1 N–H and O–H groups in total. The highest BCUT2D eigenvalue weighted by atomic mass is 15.1. The summed E-state index contributed by atoms with van der Waals surface area (Å²) in [5, 5.41) is 3.55.